The maximum Gasteiger partial charge on any atom is 0.336 e. The summed E-state index contributed by atoms with van der Waals surface area (Å²) in [5.74, 6) is -0.890. The lowest BCUT2D eigenvalue weighted by atomic mass is 10.1. The zero-order valence-corrected chi connectivity index (χ0v) is 14.5. The van der Waals surface area contributed by atoms with E-state index in [1.807, 2.05) is 0 Å². The minimum atomic E-state index is -0.718. The summed E-state index contributed by atoms with van der Waals surface area (Å²) in [6.07, 6.45) is 2.60. The van der Waals surface area contributed by atoms with E-state index in [2.05, 4.69) is 0 Å². The molecule has 0 heterocycles. The average Bonchev–Trinajstić information content (AvgIpc) is 2.62. The van der Waals surface area contributed by atoms with Crippen molar-refractivity contribution in [3.8, 4) is 28.7 Å². The number of hydrogen-bond acceptors (Lipinski definition) is 7. The normalized spacial score (nSPS) is 10.6. The minimum Gasteiger partial charge on any atom is -0.508 e. The van der Waals surface area contributed by atoms with Crippen LogP contribution in [0.4, 0.5) is 0 Å². The van der Waals surface area contributed by atoms with Crippen LogP contribution < -0.4 is 14.2 Å². The molecule has 0 aliphatic rings. The molecule has 0 unspecified atom stereocenters. The molecule has 0 atom stereocenters. The Morgan fingerprint density at radius 3 is 2.12 bits per heavy atom. The van der Waals surface area contributed by atoms with Crippen LogP contribution in [-0.4, -0.2) is 36.2 Å². The fraction of sp³-hybridized carbons (Fsp3) is 0.158. The van der Waals surface area contributed by atoms with Crippen LogP contribution in [-0.2, 0) is 4.79 Å². The monoisotopic (exact) mass is 358 g/mol. The molecular formula is C19H18O7. The fourth-order valence-corrected chi connectivity index (χ4v) is 2.20. The summed E-state index contributed by atoms with van der Waals surface area (Å²) in [7, 11) is 2.79. The van der Waals surface area contributed by atoms with Crippen LogP contribution in [0, 0.1) is 0 Å². The number of ketones is 1. The van der Waals surface area contributed by atoms with E-state index in [9.17, 15) is 19.8 Å². The van der Waals surface area contributed by atoms with Crippen molar-refractivity contribution in [2.75, 3.05) is 14.2 Å². The number of carbonyl (C=O) groups excluding carboxylic acids is 2. The molecule has 0 spiro atoms. The molecule has 2 aromatic carbocycles. The van der Waals surface area contributed by atoms with Gasteiger partial charge in [-0.25, -0.2) is 4.79 Å². The third-order valence-corrected chi connectivity index (χ3v) is 3.47. The van der Waals surface area contributed by atoms with Gasteiger partial charge in [0.05, 0.1) is 19.8 Å². The van der Waals surface area contributed by atoms with E-state index in [1.54, 1.807) is 0 Å². The van der Waals surface area contributed by atoms with Crippen molar-refractivity contribution in [2.24, 2.45) is 0 Å². The first-order chi connectivity index (χ1) is 12.3. The molecule has 2 aromatic rings. The second kappa shape index (κ2) is 8.06. The molecule has 0 amide bonds. The van der Waals surface area contributed by atoms with Gasteiger partial charge in [0.15, 0.2) is 17.3 Å². The van der Waals surface area contributed by atoms with Crippen LogP contribution in [0.25, 0.3) is 6.08 Å². The van der Waals surface area contributed by atoms with Crippen LogP contribution in [0.15, 0.2) is 36.4 Å². The van der Waals surface area contributed by atoms with Crippen molar-refractivity contribution in [1.29, 1.82) is 0 Å². The molecular weight excluding hydrogens is 340 g/mol. The summed E-state index contributed by atoms with van der Waals surface area (Å²) in [4.78, 5) is 23.6. The fourth-order valence-electron chi connectivity index (χ4n) is 2.20. The summed E-state index contributed by atoms with van der Waals surface area (Å²) in [5.41, 5.74) is 0.630. The lowest BCUT2D eigenvalue weighted by molar-refractivity contribution is -0.128. The molecule has 136 valence electrons. The molecule has 0 bridgehead atoms. The van der Waals surface area contributed by atoms with Gasteiger partial charge in [-0.2, -0.15) is 0 Å². The average molecular weight is 358 g/mol. The summed E-state index contributed by atoms with van der Waals surface area (Å²) in [6, 6.07) is 6.91. The van der Waals surface area contributed by atoms with Crippen LogP contribution in [0.2, 0.25) is 0 Å². The SMILES string of the molecule is COc1cc(/C=C/C(=O)Oc2ccc(O)cc2C(C)=O)cc(OC)c1O. The molecule has 2 N–H and O–H groups in total. The summed E-state index contributed by atoms with van der Waals surface area (Å²) in [6.45, 7) is 1.30. The number of ether oxygens (including phenoxy) is 3. The quantitative estimate of drug-likeness (QED) is 0.354. The van der Waals surface area contributed by atoms with Crippen molar-refractivity contribution in [1.82, 2.24) is 0 Å². The maximum atomic E-state index is 12.0. The van der Waals surface area contributed by atoms with Gasteiger partial charge in [-0.15, -0.1) is 0 Å². The predicted molar refractivity (Wildman–Crippen MR) is 94.0 cm³/mol. The van der Waals surface area contributed by atoms with Gasteiger partial charge in [0.1, 0.15) is 11.5 Å². The highest BCUT2D eigenvalue weighted by molar-refractivity contribution is 5.99. The van der Waals surface area contributed by atoms with Gasteiger partial charge in [-0.3, -0.25) is 4.79 Å². The Hall–Kier alpha value is -3.48. The van der Waals surface area contributed by atoms with Crippen molar-refractivity contribution in [3.05, 3.63) is 47.5 Å². The molecule has 0 radical (unpaired) electrons. The lowest BCUT2D eigenvalue weighted by Crippen LogP contribution is -2.07. The Morgan fingerprint density at radius 1 is 0.962 bits per heavy atom. The highest BCUT2D eigenvalue weighted by atomic mass is 16.5. The first-order valence-electron chi connectivity index (χ1n) is 7.54. The minimum absolute atomic E-state index is 0.0471. The maximum absolute atomic E-state index is 12.0. The molecule has 0 aliphatic heterocycles. The standard InChI is InChI=1S/C19H18O7/c1-11(20)14-10-13(21)5-6-15(14)26-18(22)7-4-12-8-16(24-2)19(23)17(9-12)25-3/h4-10,21,23H,1-3H3/b7-4+. The number of Topliss-reactive ketones (excluding diaryl/α,β-unsaturated/α-hetero) is 1. The number of phenols is 2. The first kappa shape index (κ1) is 18.9. The smallest absolute Gasteiger partial charge is 0.336 e. The second-order valence-corrected chi connectivity index (χ2v) is 5.27. The van der Waals surface area contributed by atoms with E-state index in [4.69, 9.17) is 14.2 Å². The van der Waals surface area contributed by atoms with Crippen molar-refractivity contribution in [3.63, 3.8) is 0 Å². The highest BCUT2D eigenvalue weighted by Gasteiger charge is 2.13. The third kappa shape index (κ3) is 4.32. The Morgan fingerprint density at radius 2 is 1.58 bits per heavy atom. The zero-order chi connectivity index (χ0) is 19.3. The van der Waals surface area contributed by atoms with Gasteiger partial charge in [0.25, 0.3) is 0 Å². The third-order valence-electron chi connectivity index (χ3n) is 3.47. The Kier molecular flexibility index (Phi) is 5.85. The number of esters is 1. The lowest BCUT2D eigenvalue weighted by Gasteiger charge is -2.09. The van der Waals surface area contributed by atoms with Crippen LogP contribution in [0.3, 0.4) is 0 Å². The number of phenolic OH excluding ortho intramolecular Hbond substituents is 2. The number of benzene rings is 2. The molecule has 7 nitrogen and oxygen atoms in total. The van der Waals surface area contributed by atoms with Crippen molar-refractivity contribution < 1.29 is 34.0 Å². The van der Waals surface area contributed by atoms with E-state index >= 15 is 0 Å². The molecule has 0 aliphatic carbocycles. The van der Waals surface area contributed by atoms with Crippen molar-refractivity contribution >= 4 is 17.8 Å². The number of carbonyl (C=O) groups is 2. The van der Waals surface area contributed by atoms with Crippen LogP contribution >= 0.6 is 0 Å². The number of methoxy groups -OCH3 is 2. The van der Waals surface area contributed by atoms with Gasteiger partial charge in [0, 0.05) is 6.08 Å². The number of aromatic hydroxyl groups is 2. The first-order valence-corrected chi connectivity index (χ1v) is 7.54. The number of hydrogen-bond donors (Lipinski definition) is 2. The highest BCUT2D eigenvalue weighted by Crippen LogP contribution is 2.37. The van der Waals surface area contributed by atoms with Gasteiger partial charge in [-0.05, 0) is 48.9 Å². The molecule has 0 fully saturated rings. The predicted octanol–water partition coefficient (Wildman–Crippen LogP) is 2.94. The number of rotatable bonds is 6. The molecule has 0 aromatic heterocycles. The van der Waals surface area contributed by atoms with Crippen LogP contribution in [0.5, 0.6) is 28.7 Å². The summed E-state index contributed by atoms with van der Waals surface area (Å²) >= 11 is 0. The zero-order valence-electron chi connectivity index (χ0n) is 14.5. The molecule has 2 rings (SSSR count). The van der Waals surface area contributed by atoms with Crippen LogP contribution in [0.1, 0.15) is 22.8 Å². The Bertz CT molecular complexity index is 843. The molecule has 0 saturated heterocycles. The van der Waals surface area contributed by atoms with Gasteiger partial charge in [-0.1, -0.05) is 0 Å². The largest absolute Gasteiger partial charge is 0.508 e. The Balaban J connectivity index is 2.22. The topological polar surface area (TPSA) is 102 Å². The Labute approximate surface area is 150 Å². The van der Waals surface area contributed by atoms with E-state index in [0.29, 0.717) is 5.56 Å². The van der Waals surface area contributed by atoms with Gasteiger partial charge < -0.3 is 24.4 Å². The molecule has 26 heavy (non-hydrogen) atoms. The van der Waals surface area contributed by atoms with Crippen molar-refractivity contribution in [2.45, 2.75) is 6.92 Å². The van der Waals surface area contributed by atoms with E-state index < -0.39 is 5.97 Å². The second-order valence-electron chi connectivity index (χ2n) is 5.27. The molecule has 7 heteroatoms. The van der Waals surface area contributed by atoms with E-state index in [-0.39, 0.29) is 40.1 Å². The van der Waals surface area contributed by atoms with E-state index in [1.165, 1.54) is 57.6 Å². The van der Waals surface area contributed by atoms with Gasteiger partial charge >= 0.3 is 5.97 Å². The summed E-state index contributed by atoms with van der Waals surface area (Å²) < 4.78 is 15.2. The van der Waals surface area contributed by atoms with Gasteiger partial charge in [0.2, 0.25) is 5.75 Å². The summed E-state index contributed by atoms with van der Waals surface area (Å²) in [5, 5.41) is 19.3. The molecule has 0 saturated carbocycles. The van der Waals surface area contributed by atoms with E-state index in [0.717, 1.165) is 6.08 Å².